The Bertz CT molecular complexity index is 1060. The van der Waals surface area contributed by atoms with Crippen LogP contribution in [0.5, 0.6) is 5.75 Å². The van der Waals surface area contributed by atoms with Crippen LogP contribution in [0, 0.1) is 17.6 Å². The van der Waals surface area contributed by atoms with Crippen LogP contribution in [0.4, 0.5) is 8.78 Å². The summed E-state index contributed by atoms with van der Waals surface area (Å²) in [4.78, 5) is 23.4. The number of carbonyl (C=O) groups is 2. The van der Waals surface area contributed by atoms with Crippen LogP contribution in [0.25, 0.3) is 0 Å². The molecule has 0 fully saturated rings. The quantitative estimate of drug-likeness (QED) is 0.330. The summed E-state index contributed by atoms with van der Waals surface area (Å²) in [6, 6.07) is 9.01. The number of benzene rings is 2. The number of hydrazone groups is 1. The van der Waals surface area contributed by atoms with E-state index in [0.29, 0.717) is 5.56 Å². The van der Waals surface area contributed by atoms with Crippen molar-refractivity contribution in [1.29, 1.82) is 0 Å². The lowest BCUT2D eigenvalue weighted by Gasteiger charge is -2.22. The zero-order valence-corrected chi connectivity index (χ0v) is 18.9. The first kappa shape index (κ1) is 24.2. The summed E-state index contributed by atoms with van der Waals surface area (Å²) >= 11 is 18.2. The lowest BCUT2D eigenvalue weighted by atomic mass is 9.93. The first-order valence-electron chi connectivity index (χ1n) is 9.36. The number of halogens is 5. The average molecular weight is 506 g/mol. The van der Waals surface area contributed by atoms with E-state index in [9.17, 15) is 18.4 Å². The van der Waals surface area contributed by atoms with E-state index in [2.05, 4.69) is 10.5 Å². The molecule has 1 heterocycles. The molecule has 2 aromatic carbocycles. The van der Waals surface area contributed by atoms with Gasteiger partial charge in [-0.3, -0.25) is 4.79 Å². The molecular weight excluding hydrogens is 489 g/mol. The second-order valence-corrected chi connectivity index (χ2v) is 9.11. The normalized spacial score (nSPS) is 16.2. The molecule has 0 spiro atoms. The molecule has 3 rings (SSSR count). The molecule has 1 aliphatic rings. The number of rotatable bonds is 7. The number of nitrogens with one attached hydrogen (secondary N) is 1. The van der Waals surface area contributed by atoms with E-state index < -0.39 is 51.8 Å². The summed E-state index contributed by atoms with van der Waals surface area (Å²) in [6.07, 6.45) is 0.0679. The van der Waals surface area contributed by atoms with Crippen molar-refractivity contribution in [3.8, 4) is 5.75 Å². The topological polar surface area (TPSA) is 77.0 Å². The lowest BCUT2D eigenvalue weighted by Crippen LogP contribution is -2.32. The van der Waals surface area contributed by atoms with Crippen LogP contribution in [0.3, 0.4) is 0 Å². The minimum absolute atomic E-state index is 0.0679. The summed E-state index contributed by atoms with van der Waals surface area (Å²) in [5, 5.41) is 3.16. The number of amides is 1. The van der Waals surface area contributed by atoms with Crippen molar-refractivity contribution in [1.82, 2.24) is 5.43 Å². The van der Waals surface area contributed by atoms with Gasteiger partial charge < -0.3 is 9.47 Å². The second-order valence-electron chi connectivity index (χ2n) is 7.09. The molecule has 1 atom stereocenters. The zero-order chi connectivity index (χ0) is 23.5. The average Bonchev–Trinajstić information content (AvgIpc) is 2.75. The van der Waals surface area contributed by atoms with E-state index in [0.717, 1.165) is 6.07 Å². The molecule has 1 unspecified atom stereocenters. The monoisotopic (exact) mass is 504 g/mol. The molecule has 6 nitrogen and oxygen atoms in total. The fourth-order valence-corrected chi connectivity index (χ4v) is 3.39. The lowest BCUT2D eigenvalue weighted by molar-refractivity contribution is -0.121. The maximum Gasteiger partial charge on any atom is 0.338 e. The minimum Gasteiger partial charge on any atom is -0.486 e. The van der Waals surface area contributed by atoms with Gasteiger partial charge in [0, 0.05) is 17.9 Å². The van der Waals surface area contributed by atoms with Gasteiger partial charge in [0.2, 0.25) is 5.91 Å². The molecule has 1 aliphatic heterocycles. The van der Waals surface area contributed by atoms with Crippen LogP contribution >= 0.6 is 34.8 Å². The Morgan fingerprint density at radius 2 is 1.94 bits per heavy atom. The molecule has 0 aromatic heterocycles. The van der Waals surface area contributed by atoms with E-state index in [4.69, 9.17) is 44.3 Å². The molecule has 0 aliphatic carbocycles. The van der Waals surface area contributed by atoms with Gasteiger partial charge in [0.25, 0.3) is 0 Å². The van der Waals surface area contributed by atoms with Gasteiger partial charge >= 0.3 is 5.97 Å². The molecular formula is C21H17Cl3F2N2O4. The van der Waals surface area contributed by atoms with Crippen molar-refractivity contribution < 1.29 is 27.8 Å². The number of nitrogens with zero attached hydrogens (tertiary/aromatic N) is 1. The molecule has 170 valence electrons. The van der Waals surface area contributed by atoms with Gasteiger partial charge in [0.15, 0.2) is 21.7 Å². The number of ether oxygens (including phenoxy) is 2. The highest BCUT2D eigenvalue weighted by atomic mass is 35.5. The van der Waals surface area contributed by atoms with Gasteiger partial charge in [0.05, 0.1) is 11.3 Å². The largest absolute Gasteiger partial charge is 0.486 e. The SMILES string of the molecule is CC1CC(=O)NN=C1c1cc(F)c(OCC(Cl)(Cl)COC(=O)c2ccccc2)c(Cl)c1F. The Morgan fingerprint density at radius 3 is 2.59 bits per heavy atom. The van der Waals surface area contributed by atoms with Gasteiger partial charge in [-0.25, -0.2) is 19.0 Å². The van der Waals surface area contributed by atoms with Gasteiger partial charge in [0.1, 0.15) is 18.2 Å². The number of hydrogen-bond acceptors (Lipinski definition) is 5. The number of esters is 1. The molecule has 1 N–H and O–H groups in total. The molecule has 0 saturated heterocycles. The van der Waals surface area contributed by atoms with Crippen LogP contribution in [0.15, 0.2) is 41.5 Å². The van der Waals surface area contributed by atoms with Crippen LogP contribution in [-0.4, -0.2) is 35.1 Å². The third kappa shape index (κ3) is 5.68. The van der Waals surface area contributed by atoms with E-state index in [-0.39, 0.29) is 23.6 Å². The summed E-state index contributed by atoms with van der Waals surface area (Å²) in [6.45, 7) is 0.623. The van der Waals surface area contributed by atoms with E-state index in [1.165, 1.54) is 0 Å². The van der Waals surface area contributed by atoms with Crippen molar-refractivity contribution in [2.45, 2.75) is 17.7 Å². The van der Waals surface area contributed by atoms with E-state index in [1.807, 2.05) is 0 Å². The van der Waals surface area contributed by atoms with Crippen molar-refractivity contribution in [3.05, 3.63) is 64.2 Å². The summed E-state index contributed by atoms with van der Waals surface area (Å²) in [7, 11) is 0. The summed E-state index contributed by atoms with van der Waals surface area (Å²) in [5.41, 5.74) is 2.47. The van der Waals surface area contributed by atoms with Gasteiger partial charge in [-0.2, -0.15) is 5.10 Å². The molecule has 0 bridgehead atoms. The van der Waals surface area contributed by atoms with Crippen molar-refractivity contribution >= 4 is 52.4 Å². The Morgan fingerprint density at radius 1 is 1.25 bits per heavy atom. The molecule has 2 aromatic rings. The smallest absolute Gasteiger partial charge is 0.338 e. The van der Waals surface area contributed by atoms with Gasteiger partial charge in [-0.1, -0.05) is 59.9 Å². The predicted molar refractivity (Wildman–Crippen MR) is 116 cm³/mol. The molecule has 32 heavy (non-hydrogen) atoms. The predicted octanol–water partition coefficient (Wildman–Crippen LogP) is 4.89. The summed E-state index contributed by atoms with van der Waals surface area (Å²) in [5.74, 6) is -4.01. The van der Waals surface area contributed by atoms with Gasteiger partial charge in [-0.15, -0.1) is 0 Å². The number of carbonyl (C=O) groups excluding carboxylic acids is 2. The highest BCUT2D eigenvalue weighted by molar-refractivity contribution is 6.48. The molecule has 1 amide bonds. The van der Waals surface area contributed by atoms with Gasteiger partial charge in [-0.05, 0) is 18.2 Å². The van der Waals surface area contributed by atoms with Crippen molar-refractivity contribution in [2.24, 2.45) is 11.0 Å². The Kier molecular flexibility index (Phi) is 7.59. The zero-order valence-electron chi connectivity index (χ0n) is 16.6. The van der Waals surface area contributed by atoms with Crippen LogP contribution in [-0.2, 0) is 9.53 Å². The van der Waals surface area contributed by atoms with E-state index >= 15 is 0 Å². The first-order chi connectivity index (χ1) is 15.1. The van der Waals surface area contributed by atoms with Crippen molar-refractivity contribution in [2.75, 3.05) is 13.2 Å². The van der Waals surface area contributed by atoms with E-state index in [1.54, 1.807) is 37.3 Å². The maximum atomic E-state index is 14.9. The molecule has 0 radical (unpaired) electrons. The Labute approximate surface area is 197 Å². The first-order valence-corrected chi connectivity index (χ1v) is 10.5. The fourth-order valence-electron chi connectivity index (χ4n) is 2.92. The van der Waals surface area contributed by atoms with Crippen molar-refractivity contribution in [3.63, 3.8) is 0 Å². The highest BCUT2D eigenvalue weighted by Gasteiger charge is 2.31. The molecule has 11 heteroatoms. The second kappa shape index (κ2) is 10.0. The van der Waals surface area contributed by atoms with Crippen LogP contribution in [0.1, 0.15) is 29.3 Å². The van der Waals surface area contributed by atoms with Crippen LogP contribution < -0.4 is 10.2 Å². The molecule has 0 saturated carbocycles. The highest BCUT2D eigenvalue weighted by Crippen LogP contribution is 2.36. The third-order valence-electron chi connectivity index (χ3n) is 4.50. The standard InChI is InChI=1S/C21H17Cl3F2N2O4/c1-11-7-15(29)27-28-18(11)13-8-14(25)19(16(22)17(13)26)31-9-21(23,24)10-32-20(30)12-5-3-2-4-6-12/h2-6,8,11H,7,9-10H2,1H3,(H,27,29). The minimum atomic E-state index is -1.76. The number of alkyl halides is 2. The maximum absolute atomic E-state index is 14.9. The third-order valence-corrected chi connectivity index (χ3v) is 5.28. The Balaban J connectivity index is 1.70. The number of hydrogen-bond donors (Lipinski definition) is 1. The Hall–Kier alpha value is -2.42. The van der Waals surface area contributed by atoms with Crippen LogP contribution in [0.2, 0.25) is 5.02 Å². The fraction of sp³-hybridized carbons (Fsp3) is 0.286. The summed E-state index contributed by atoms with van der Waals surface area (Å²) < 4.78 is 38.0.